The molecule has 0 N–H and O–H groups in total. The van der Waals surface area contributed by atoms with Crippen molar-refractivity contribution in [1.29, 1.82) is 0 Å². The Hall–Kier alpha value is -2.58. The van der Waals surface area contributed by atoms with Gasteiger partial charge in [-0.25, -0.2) is 0 Å². The number of nitrogens with zero attached hydrogens (tertiary/aromatic N) is 2. The van der Waals surface area contributed by atoms with Gasteiger partial charge in [-0.15, -0.1) is 0 Å². The van der Waals surface area contributed by atoms with Gasteiger partial charge in [0.15, 0.2) is 0 Å². The van der Waals surface area contributed by atoms with E-state index in [1.54, 1.807) is 0 Å². The van der Waals surface area contributed by atoms with Crippen LogP contribution in [0.3, 0.4) is 0 Å². The minimum absolute atomic E-state index is 0.00497. The molecule has 23 heavy (non-hydrogen) atoms. The van der Waals surface area contributed by atoms with Crippen molar-refractivity contribution in [1.82, 2.24) is 0 Å². The number of nitro groups is 2. The largest absolute Gasteiger partial charge is 0.427 e. The summed E-state index contributed by atoms with van der Waals surface area (Å²) < 4.78 is 8.03. The molecule has 2 aromatic rings. The molecule has 0 saturated carbocycles. The van der Waals surface area contributed by atoms with E-state index in [-0.39, 0.29) is 22.9 Å². The number of nitro benzene ring substituents is 2. The van der Waals surface area contributed by atoms with E-state index in [4.69, 9.17) is 32.7 Å². The van der Waals surface area contributed by atoms with Crippen LogP contribution in [0, 0.1) is 20.2 Å². The maximum atomic E-state index is 10.7. The Morgan fingerprint density at radius 3 is 1.57 bits per heavy atom. The average molecular weight is 359 g/mol. The van der Waals surface area contributed by atoms with E-state index < -0.39 is 14.6 Å². The first kappa shape index (κ1) is 16.8. The number of alkyl halides is 2. The summed E-state index contributed by atoms with van der Waals surface area (Å²) in [5.74, 6) is -0.00994. The zero-order valence-electron chi connectivity index (χ0n) is 11.2. The number of non-ortho nitro benzene ring substituents is 2. The van der Waals surface area contributed by atoms with E-state index in [1.807, 2.05) is 0 Å². The van der Waals surface area contributed by atoms with Gasteiger partial charge in [0.1, 0.15) is 11.5 Å². The van der Waals surface area contributed by atoms with Gasteiger partial charge >= 0.3 is 4.71 Å². The van der Waals surface area contributed by atoms with E-state index in [0.717, 1.165) is 12.1 Å². The zero-order chi connectivity index (χ0) is 17.0. The lowest BCUT2D eigenvalue weighted by Crippen LogP contribution is -2.29. The molecular weight excluding hydrogens is 351 g/mol. The van der Waals surface area contributed by atoms with Crippen molar-refractivity contribution in [3.63, 3.8) is 0 Å². The van der Waals surface area contributed by atoms with Crippen LogP contribution in [0.25, 0.3) is 0 Å². The van der Waals surface area contributed by atoms with Gasteiger partial charge in [-0.1, -0.05) is 12.1 Å². The fourth-order valence-corrected chi connectivity index (χ4v) is 1.97. The van der Waals surface area contributed by atoms with Gasteiger partial charge < -0.3 is 9.47 Å². The molecule has 2 aromatic carbocycles. The minimum Gasteiger partial charge on any atom is -0.427 e. The van der Waals surface area contributed by atoms with Crippen LogP contribution in [-0.4, -0.2) is 14.6 Å². The molecule has 0 amide bonds. The molecule has 0 bridgehead atoms. The summed E-state index contributed by atoms with van der Waals surface area (Å²) in [6.07, 6.45) is 0. The first-order chi connectivity index (χ1) is 10.8. The summed E-state index contributed by atoms with van der Waals surface area (Å²) in [6, 6.07) is 10.3. The Morgan fingerprint density at radius 1 is 0.826 bits per heavy atom. The molecule has 0 saturated heterocycles. The van der Waals surface area contributed by atoms with Gasteiger partial charge in [-0.05, 0) is 35.3 Å². The van der Waals surface area contributed by atoms with E-state index in [1.165, 1.54) is 36.4 Å². The van der Waals surface area contributed by atoms with Crippen LogP contribution in [0.2, 0.25) is 0 Å². The molecule has 0 fully saturated rings. The van der Waals surface area contributed by atoms with E-state index >= 15 is 0 Å². The van der Waals surface area contributed by atoms with Crippen molar-refractivity contribution < 1.29 is 19.3 Å². The number of ether oxygens (including phenoxy) is 2. The highest BCUT2D eigenvalue weighted by Gasteiger charge is 2.30. The first-order valence-corrected chi connectivity index (χ1v) is 6.77. The molecule has 0 spiro atoms. The topological polar surface area (TPSA) is 105 Å². The molecule has 0 atom stereocenters. The Balaban J connectivity index is 2.16. The molecule has 0 unspecified atom stereocenters. The summed E-state index contributed by atoms with van der Waals surface area (Å²) in [5.41, 5.74) is -0.441. The third kappa shape index (κ3) is 4.70. The van der Waals surface area contributed by atoms with Gasteiger partial charge in [0, 0.05) is 12.1 Å². The van der Waals surface area contributed by atoms with Crippen LogP contribution < -0.4 is 9.47 Å². The number of benzene rings is 2. The Kier molecular flexibility index (Phi) is 4.87. The fraction of sp³-hybridized carbons (Fsp3) is 0.0769. The third-order valence-corrected chi connectivity index (χ3v) is 2.84. The van der Waals surface area contributed by atoms with Crippen molar-refractivity contribution in [3.05, 3.63) is 68.8 Å². The van der Waals surface area contributed by atoms with Crippen LogP contribution in [-0.2, 0) is 0 Å². The maximum Gasteiger partial charge on any atom is 0.419 e. The van der Waals surface area contributed by atoms with Crippen molar-refractivity contribution in [2.75, 3.05) is 0 Å². The highest BCUT2D eigenvalue weighted by atomic mass is 35.5. The molecule has 0 heterocycles. The zero-order valence-corrected chi connectivity index (χ0v) is 12.7. The van der Waals surface area contributed by atoms with E-state index in [2.05, 4.69) is 0 Å². The second-order valence-electron chi connectivity index (χ2n) is 4.18. The second-order valence-corrected chi connectivity index (χ2v) is 5.37. The van der Waals surface area contributed by atoms with E-state index in [0.29, 0.717) is 0 Å². The maximum absolute atomic E-state index is 10.7. The van der Waals surface area contributed by atoms with Gasteiger partial charge in [-0.2, -0.15) is 0 Å². The summed E-state index contributed by atoms with van der Waals surface area (Å²) >= 11 is 11.7. The number of hydrogen-bond acceptors (Lipinski definition) is 6. The van der Waals surface area contributed by atoms with Gasteiger partial charge in [0.05, 0.1) is 22.0 Å². The lowest BCUT2D eigenvalue weighted by Gasteiger charge is -2.21. The van der Waals surface area contributed by atoms with Crippen molar-refractivity contribution in [3.8, 4) is 11.5 Å². The normalized spacial score (nSPS) is 10.9. The lowest BCUT2D eigenvalue weighted by atomic mass is 10.3. The van der Waals surface area contributed by atoms with Crippen LogP contribution in [0.15, 0.2) is 48.5 Å². The van der Waals surface area contributed by atoms with Crippen LogP contribution in [0.4, 0.5) is 11.4 Å². The summed E-state index contributed by atoms with van der Waals surface area (Å²) in [5, 5.41) is 21.4. The molecule has 2 rings (SSSR count). The Bertz CT molecular complexity index is 691. The highest BCUT2D eigenvalue weighted by molar-refractivity contribution is 6.46. The molecule has 0 aliphatic heterocycles. The summed E-state index contributed by atoms with van der Waals surface area (Å²) in [7, 11) is 0. The summed E-state index contributed by atoms with van der Waals surface area (Å²) in [4.78, 5) is 20.2. The first-order valence-electron chi connectivity index (χ1n) is 6.01. The fourth-order valence-electron chi connectivity index (χ4n) is 1.62. The number of rotatable bonds is 6. The Morgan fingerprint density at radius 2 is 1.22 bits per heavy atom. The molecule has 8 nitrogen and oxygen atoms in total. The molecule has 0 radical (unpaired) electrons. The Labute approximate surface area is 139 Å². The number of hydrogen-bond donors (Lipinski definition) is 0. The monoisotopic (exact) mass is 358 g/mol. The highest BCUT2D eigenvalue weighted by Crippen LogP contribution is 2.32. The third-order valence-electron chi connectivity index (χ3n) is 2.53. The van der Waals surface area contributed by atoms with E-state index in [9.17, 15) is 20.2 Å². The smallest absolute Gasteiger partial charge is 0.419 e. The predicted molar refractivity (Wildman–Crippen MR) is 81.9 cm³/mol. The SMILES string of the molecule is O=[N+]([O-])c1cccc(OC(Cl)(Cl)Oc2cccc([N+](=O)[O-])c2)c1. The van der Waals surface area contributed by atoms with Gasteiger partial charge in [0.25, 0.3) is 11.4 Å². The van der Waals surface area contributed by atoms with Gasteiger partial charge in [-0.3, -0.25) is 20.2 Å². The predicted octanol–water partition coefficient (Wildman–Crippen LogP) is 4.05. The molecule has 0 aliphatic carbocycles. The van der Waals surface area contributed by atoms with Crippen LogP contribution >= 0.6 is 23.2 Å². The van der Waals surface area contributed by atoms with Crippen LogP contribution in [0.5, 0.6) is 11.5 Å². The standard InChI is InChI=1S/C13H8Cl2N2O6/c14-13(15,22-11-5-1-3-9(7-11)16(18)19)23-12-6-2-4-10(8-12)17(20)21/h1-8H. The quantitative estimate of drug-likeness (QED) is 0.333. The van der Waals surface area contributed by atoms with Crippen molar-refractivity contribution in [2.45, 2.75) is 4.71 Å². The second kappa shape index (κ2) is 6.67. The minimum atomic E-state index is -2.23. The summed E-state index contributed by atoms with van der Waals surface area (Å²) in [6.45, 7) is 0. The molecule has 0 aliphatic rings. The average Bonchev–Trinajstić information content (AvgIpc) is 2.46. The molecular formula is C13H8Cl2N2O6. The van der Waals surface area contributed by atoms with Crippen molar-refractivity contribution >= 4 is 34.6 Å². The molecule has 0 aromatic heterocycles. The molecule has 10 heteroatoms. The molecule has 120 valence electrons. The number of halogens is 2. The van der Waals surface area contributed by atoms with Gasteiger partial charge in [0.2, 0.25) is 0 Å². The van der Waals surface area contributed by atoms with Crippen LogP contribution in [0.1, 0.15) is 0 Å². The lowest BCUT2D eigenvalue weighted by molar-refractivity contribution is -0.385. The van der Waals surface area contributed by atoms with Crippen molar-refractivity contribution in [2.24, 2.45) is 0 Å².